The molecule has 0 aliphatic rings. The molecule has 1 aromatic heterocycles. The van der Waals surface area contributed by atoms with E-state index < -0.39 is 0 Å². The number of nitrogens with zero attached hydrogens (tertiary/aromatic N) is 1. The predicted molar refractivity (Wildman–Crippen MR) is 85.6 cm³/mol. The van der Waals surface area contributed by atoms with Gasteiger partial charge in [0.1, 0.15) is 0 Å². The van der Waals surface area contributed by atoms with Crippen molar-refractivity contribution in [1.82, 2.24) is 10.3 Å². The lowest BCUT2D eigenvalue weighted by molar-refractivity contribution is 0.655. The van der Waals surface area contributed by atoms with Crippen molar-refractivity contribution in [1.29, 1.82) is 0 Å². The fourth-order valence-corrected chi connectivity index (χ4v) is 3.61. The van der Waals surface area contributed by atoms with Crippen LogP contribution in [0.15, 0.2) is 52.1 Å². The molecule has 1 atom stereocenters. The Hall–Kier alpha value is -0.840. The van der Waals surface area contributed by atoms with Gasteiger partial charge in [-0.2, -0.15) is 0 Å². The molecule has 0 saturated heterocycles. The lowest BCUT2D eigenvalue weighted by atomic mass is 10.1. The van der Waals surface area contributed by atoms with E-state index in [1.54, 1.807) is 0 Å². The second-order valence-electron chi connectivity index (χ2n) is 4.31. The van der Waals surface area contributed by atoms with Gasteiger partial charge >= 0.3 is 0 Å². The smallest absolute Gasteiger partial charge is 0.0430 e. The summed E-state index contributed by atoms with van der Waals surface area (Å²) in [6.45, 7) is 2.13. The van der Waals surface area contributed by atoms with E-state index in [2.05, 4.69) is 57.4 Å². The Morgan fingerprint density at radius 3 is 2.79 bits per heavy atom. The Morgan fingerprint density at radius 1 is 1.32 bits per heavy atom. The van der Waals surface area contributed by atoms with E-state index in [1.807, 2.05) is 37.3 Å². The minimum atomic E-state index is 0.311. The van der Waals surface area contributed by atoms with Crippen molar-refractivity contribution in [3.05, 3.63) is 58.3 Å². The predicted octanol–water partition coefficient (Wildman–Crippen LogP) is 4.21. The normalized spacial score (nSPS) is 12.4. The largest absolute Gasteiger partial charge is 0.312 e. The van der Waals surface area contributed by atoms with E-state index in [4.69, 9.17) is 0 Å². The highest BCUT2D eigenvalue weighted by Gasteiger charge is 2.13. The number of hydrogen-bond acceptors (Lipinski definition) is 3. The number of benzene rings is 1. The molecule has 0 amide bonds. The summed E-state index contributed by atoms with van der Waals surface area (Å²) in [5.41, 5.74) is 2.55. The molecule has 0 bridgehead atoms. The van der Waals surface area contributed by atoms with Gasteiger partial charge in [0.05, 0.1) is 0 Å². The summed E-state index contributed by atoms with van der Waals surface area (Å²) in [7, 11) is 2.00. The van der Waals surface area contributed by atoms with Crippen LogP contribution >= 0.6 is 27.7 Å². The molecule has 0 radical (unpaired) electrons. The van der Waals surface area contributed by atoms with Crippen LogP contribution in [0.5, 0.6) is 0 Å². The third kappa shape index (κ3) is 3.81. The topological polar surface area (TPSA) is 24.9 Å². The number of aryl methyl sites for hydroxylation is 1. The van der Waals surface area contributed by atoms with E-state index in [-0.39, 0.29) is 0 Å². The molecule has 0 fully saturated rings. The average Bonchev–Trinajstić information content (AvgIpc) is 2.43. The van der Waals surface area contributed by atoms with Gasteiger partial charge < -0.3 is 5.32 Å². The summed E-state index contributed by atoms with van der Waals surface area (Å²) in [5, 5.41) is 3.37. The van der Waals surface area contributed by atoms with Crippen LogP contribution < -0.4 is 5.32 Å². The van der Waals surface area contributed by atoms with Crippen LogP contribution in [0.25, 0.3) is 0 Å². The van der Waals surface area contributed by atoms with Gasteiger partial charge in [-0.05, 0) is 59.2 Å². The summed E-state index contributed by atoms with van der Waals surface area (Å²) in [5.74, 6) is 0.978. The van der Waals surface area contributed by atoms with E-state index in [1.165, 1.54) is 16.0 Å². The highest BCUT2D eigenvalue weighted by Crippen LogP contribution is 2.30. The molecule has 2 aromatic rings. The number of thioether (sulfide) groups is 1. The first-order chi connectivity index (χ1) is 9.22. The molecule has 1 heterocycles. The van der Waals surface area contributed by atoms with Gasteiger partial charge in [-0.1, -0.05) is 12.1 Å². The maximum atomic E-state index is 4.23. The van der Waals surface area contributed by atoms with Crippen LogP contribution in [0.1, 0.15) is 17.2 Å². The SMILES string of the molecule is CNC(CSc1ccccc1Br)c1cnccc1C. The molecule has 100 valence electrons. The molecule has 0 spiro atoms. The minimum absolute atomic E-state index is 0.311. The monoisotopic (exact) mass is 336 g/mol. The van der Waals surface area contributed by atoms with Crippen molar-refractivity contribution in [2.24, 2.45) is 0 Å². The van der Waals surface area contributed by atoms with Gasteiger partial charge in [0.15, 0.2) is 0 Å². The second-order valence-corrected chi connectivity index (χ2v) is 6.23. The summed E-state index contributed by atoms with van der Waals surface area (Å²) < 4.78 is 1.15. The molecular formula is C15H17BrN2S. The zero-order valence-corrected chi connectivity index (χ0v) is 13.5. The van der Waals surface area contributed by atoms with Gasteiger partial charge in [0.25, 0.3) is 0 Å². The molecule has 0 aliphatic carbocycles. The first kappa shape index (κ1) is 14.6. The van der Waals surface area contributed by atoms with E-state index in [9.17, 15) is 0 Å². The molecule has 2 nitrogen and oxygen atoms in total. The van der Waals surface area contributed by atoms with Crippen LogP contribution in [0.3, 0.4) is 0 Å². The van der Waals surface area contributed by atoms with Crippen molar-refractivity contribution in [3.8, 4) is 0 Å². The van der Waals surface area contributed by atoms with Crippen molar-refractivity contribution >= 4 is 27.7 Å². The molecule has 1 aromatic carbocycles. The van der Waals surface area contributed by atoms with E-state index in [0.29, 0.717) is 6.04 Å². The van der Waals surface area contributed by atoms with Gasteiger partial charge in [-0.25, -0.2) is 0 Å². The molecule has 0 saturated carbocycles. The van der Waals surface area contributed by atoms with Gasteiger partial charge in [-0.3, -0.25) is 4.98 Å². The first-order valence-corrected chi connectivity index (χ1v) is 7.95. The summed E-state index contributed by atoms with van der Waals surface area (Å²) in [4.78, 5) is 5.50. The Labute approximate surface area is 127 Å². The Morgan fingerprint density at radius 2 is 2.11 bits per heavy atom. The summed E-state index contributed by atoms with van der Waals surface area (Å²) in [6.07, 6.45) is 3.80. The Kier molecular flexibility index (Phi) is 5.43. The zero-order valence-electron chi connectivity index (χ0n) is 11.1. The Bertz CT molecular complexity index is 545. The molecule has 1 N–H and O–H groups in total. The van der Waals surface area contributed by atoms with Crippen LogP contribution in [-0.4, -0.2) is 17.8 Å². The van der Waals surface area contributed by atoms with Gasteiger partial charge in [-0.15, -0.1) is 11.8 Å². The van der Waals surface area contributed by atoms with E-state index >= 15 is 0 Å². The quantitative estimate of drug-likeness (QED) is 0.828. The van der Waals surface area contributed by atoms with Crippen molar-refractivity contribution < 1.29 is 0 Å². The number of halogens is 1. The standard InChI is InChI=1S/C15H17BrN2S/c1-11-7-8-18-9-12(11)14(17-2)10-19-15-6-4-3-5-13(15)16/h3-9,14,17H,10H2,1-2H3. The maximum Gasteiger partial charge on any atom is 0.0430 e. The van der Waals surface area contributed by atoms with Crippen LogP contribution in [-0.2, 0) is 0 Å². The number of nitrogens with one attached hydrogen (secondary N) is 1. The van der Waals surface area contributed by atoms with Crippen molar-refractivity contribution in [2.45, 2.75) is 17.9 Å². The number of rotatable bonds is 5. The summed E-state index contributed by atoms with van der Waals surface area (Å²) >= 11 is 5.43. The van der Waals surface area contributed by atoms with Crippen LogP contribution in [0.4, 0.5) is 0 Å². The van der Waals surface area contributed by atoms with Crippen molar-refractivity contribution in [3.63, 3.8) is 0 Å². The second kappa shape index (κ2) is 7.08. The lowest BCUT2D eigenvalue weighted by Crippen LogP contribution is -2.19. The molecule has 1 unspecified atom stereocenters. The first-order valence-electron chi connectivity index (χ1n) is 6.17. The van der Waals surface area contributed by atoms with Crippen LogP contribution in [0.2, 0.25) is 0 Å². The molecule has 19 heavy (non-hydrogen) atoms. The average molecular weight is 337 g/mol. The highest BCUT2D eigenvalue weighted by atomic mass is 79.9. The summed E-state index contributed by atoms with van der Waals surface area (Å²) in [6, 6.07) is 10.7. The van der Waals surface area contributed by atoms with Gasteiger partial charge in [0, 0.05) is 33.6 Å². The van der Waals surface area contributed by atoms with E-state index in [0.717, 1.165) is 10.2 Å². The molecule has 0 aliphatic heterocycles. The maximum absolute atomic E-state index is 4.23. The lowest BCUT2D eigenvalue weighted by Gasteiger charge is -2.18. The minimum Gasteiger partial charge on any atom is -0.312 e. The van der Waals surface area contributed by atoms with Gasteiger partial charge in [0.2, 0.25) is 0 Å². The Balaban J connectivity index is 2.09. The fraction of sp³-hybridized carbons (Fsp3) is 0.267. The van der Waals surface area contributed by atoms with Crippen LogP contribution in [0, 0.1) is 6.92 Å². The zero-order chi connectivity index (χ0) is 13.7. The molecule has 4 heteroatoms. The third-order valence-electron chi connectivity index (χ3n) is 3.05. The molecule has 2 rings (SSSR count). The highest BCUT2D eigenvalue weighted by molar-refractivity contribution is 9.10. The number of pyridine rings is 1. The molecular weight excluding hydrogens is 320 g/mol. The third-order valence-corrected chi connectivity index (χ3v) is 5.17. The number of aromatic nitrogens is 1. The van der Waals surface area contributed by atoms with Crippen molar-refractivity contribution in [2.75, 3.05) is 12.8 Å². The fourth-order valence-electron chi connectivity index (χ4n) is 1.90. The number of hydrogen-bond donors (Lipinski definition) is 1.